The van der Waals surface area contributed by atoms with Crippen molar-refractivity contribution in [2.45, 2.75) is 39.8 Å². The van der Waals surface area contributed by atoms with Gasteiger partial charge < -0.3 is 9.84 Å². The van der Waals surface area contributed by atoms with Crippen LogP contribution in [0.5, 0.6) is 0 Å². The van der Waals surface area contributed by atoms with E-state index < -0.39 is 0 Å². The van der Waals surface area contributed by atoms with Crippen LogP contribution in [0.4, 0.5) is 5.82 Å². The van der Waals surface area contributed by atoms with Crippen LogP contribution in [-0.2, 0) is 13.0 Å². The van der Waals surface area contributed by atoms with Gasteiger partial charge in [-0.15, -0.1) is 0 Å². The highest BCUT2D eigenvalue weighted by atomic mass is 16.5. The minimum atomic E-state index is 0.212. The van der Waals surface area contributed by atoms with Crippen LogP contribution in [-0.4, -0.2) is 30.9 Å². The predicted molar refractivity (Wildman–Crippen MR) is 91.4 cm³/mol. The SMILES string of the molecule is CC(C)Cc1noc(-c2ccc(N[C@@H](C)Cn3cccn3)nc2)n1. The van der Waals surface area contributed by atoms with Crippen LogP contribution in [0.3, 0.4) is 0 Å². The Kier molecular flexibility index (Phi) is 4.88. The molecular formula is C17H22N6O. The van der Waals surface area contributed by atoms with E-state index in [4.69, 9.17) is 4.52 Å². The average molecular weight is 326 g/mol. The Labute approximate surface area is 141 Å². The average Bonchev–Trinajstić information content (AvgIpc) is 3.19. The van der Waals surface area contributed by atoms with Crippen molar-refractivity contribution in [3.8, 4) is 11.5 Å². The standard InChI is InChI=1S/C17H22N6O/c1-12(2)9-16-21-17(24-22-16)14-5-6-15(18-10-14)20-13(3)11-23-8-4-7-19-23/h4-8,10,12-13H,9,11H2,1-3H3,(H,18,20)/t13-/m0/s1. The highest BCUT2D eigenvalue weighted by molar-refractivity contribution is 5.54. The molecule has 0 saturated heterocycles. The van der Waals surface area contributed by atoms with Crippen molar-refractivity contribution in [1.82, 2.24) is 24.9 Å². The van der Waals surface area contributed by atoms with Gasteiger partial charge in [0.15, 0.2) is 5.82 Å². The summed E-state index contributed by atoms with van der Waals surface area (Å²) < 4.78 is 7.20. The van der Waals surface area contributed by atoms with Crippen LogP contribution in [0.2, 0.25) is 0 Å². The van der Waals surface area contributed by atoms with E-state index in [0.717, 1.165) is 30.2 Å². The first-order valence-electron chi connectivity index (χ1n) is 8.13. The summed E-state index contributed by atoms with van der Waals surface area (Å²) in [6, 6.07) is 5.98. The Morgan fingerprint density at radius 2 is 2.12 bits per heavy atom. The van der Waals surface area contributed by atoms with Crippen molar-refractivity contribution in [2.24, 2.45) is 5.92 Å². The molecule has 0 spiro atoms. The van der Waals surface area contributed by atoms with Gasteiger partial charge in [-0.25, -0.2) is 4.98 Å². The zero-order valence-electron chi connectivity index (χ0n) is 14.2. The van der Waals surface area contributed by atoms with Gasteiger partial charge in [0.25, 0.3) is 5.89 Å². The Morgan fingerprint density at radius 1 is 1.25 bits per heavy atom. The summed E-state index contributed by atoms with van der Waals surface area (Å²) in [6.07, 6.45) is 6.27. The van der Waals surface area contributed by atoms with Crippen LogP contribution < -0.4 is 5.32 Å². The molecule has 0 amide bonds. The third-order valence-corrected chi connectivity index (χ3v) is 3.48. The molecule has 0 fully saturated rings. The van der Waals surface area contributed by atoms with Gasteiger partial charge in [0.1, 0.15) is 5.82 Å². The van der Waals surface area contributed by atoms with Gasteiger partial charge in [0.2, 0.25) is 0 Å². The molecule has 1 atom stereocenters. The molecule has 126 valence electrons. The zero-order chi connectivity index (χ0) is 16.9. The Bertz CT molecular complexity index is 748. The number of hydrogen-bond donors (Lipinski definition) is 1. The maximum Gasteiger partial charge on any atom is 0.259 e. The summed E-state index contributed by atoms with van der Waals surface area (Å²) in [7, 11) is 0. The third kappa shape index (κ3) is 4.18. The number of hydrogen-bond acceptors (Lipinski definition) is 6. The maximum atomic E-state index is 5.31. The predicted octanol–water partition coefficient (Wildman–Crippen LogP) is 3.03. The molecule has 0 saturated carbocycles. The number of aromatic nitrogens is 5. The quantitative estimate of drug-likeness (QED) is 0.718. The molecule has 3 aromatic rings. The smallest absolute Gasteiger partial charge is 0.259 e. The normalized spacial score (nSPS) is 12.5. The first kappa shape index (κ1) is 16.2. The van der Waals surface area contributed by atoms with Gasteiger partial charge in [-0.2, -0.15) is 10.1 Å². The third-order valence-electron chi connectivity index (χ3n) is 3.48. The number of nitrogens with zero attached hydrogens (tertiary/aromatic N) is 5. The minimum absolute atomic E-state index is 0.212. The van der Waals surface area contributed by atoms with E-state index in [-0.39, 0.29) is 6.04 Å². The molecule has 0 unspecified atom stereocenters. The molecule has 0 bridgehead atoms. The number of rotatable bonds is 7. The molecule has 0 aliphatic heterocycles. The fourth-order valence-electron chi connectivity index (χ4n) is 2.41. The molecule has 0 aliphatic carbocycles. The van der Waals surface area contributed by atoms with E-state index in [0.29, 0.717) is 11.8 Å². The summed E-state index contributed by atoms with van der Waals surface area (Å²) in [5.41, 5.74) is 0.822. The molecule has 0 aliphatic rings. The minimum Gasteiger partial charge on any atom is -0.366 e. The second kappa shape index (κ2) is 7.25. The first-order chi connectivity index (χ1) is 11.6. The molecule has 0 aromatic carbocycles. The molecule has 24 heavy (non-hydrogen) atoms. The molecule has 1 N–H and O–H groups in total. The summed E-state index contributed by atoms with van der Waals surface area (Å²) in [4.78, 5) is 8.84. The van der Waals surface area contributed by atoms with Crippen molar-refractivity contribution in [3.05, 3.63) is 42.6 Å². The topological polar surface area (TPSA) is 81.7 Å². The highest BCUT2D eigenvalue weighted by Crippen LogP contribution is 2.19. The summed E-state index contributed by atoms with van der Waals surface area (Å²) in [5.74, 6) is 2.54. The van der Waals surface area contributed by atoms with E-state index in [1.165, 1.54) is 0 Å². The van der Waals surface area contributed by atoms with Gasteiger partial charge in [0, 0.05) is 31.1 Å². The number of pyridine rings is 1. The lowest BCUT2D eigenvalue weighted by molar-refractivity contribution is 0.417. The van der Waals surface area contributed by atoms with Crippen molar-refractivity contribution < 1.29 is 4.52 Å². The summed E-state index contributed by atoms with van der Waals surface area (Å²) in [5, 5.41) is 11.6. The maximum absolute atomic E-state index is 5.31. The second-order valence-electron chi connectivity index (χ2n) is 6.32. The van der Waals surface area contributed by atoms with Crippen LogP contribution >= 0.6 is 0 Å². The van der Waals surface area contributed by atoms with Crippen LogP contribution in [0.15, 0.2) is 41.3 Å². The molecule has 3 heterocycles. The van der Waals surface area contributed by atoms with Gasteiger partial charge in [0.05, 0.1) is 12.1 Å². The van der Waals surface area contributed by atoms with Crippen molar-refractivity contribution in [3.63, 3.8) is 0 Å². The number of nitrogens with one attached hydrogen (secondary N) is 1. The van der Waals surface area contributed by atoms with E-state index in [1.807, 2.05) is 29.1 Å². The monoisotopic (exact) mass is 326 g/mol. The van der Waals surface area contributed by atoms with E-state index in [9.17, 15) is 0 Å². The lowest BCUT2D eigenvalue weighted by Crippen LogP contribution is -2.22. The lowest BCUT2D eigenvalue weighted by atomic mass is 10.1. The largest absolute Gasteiger partial charge is 0.366 e. The Morgan fingerprint density at radius 3 is 2.79 bits per heavy atom. The van der Waals surface area contributed by atoms with Gasteiger partial charge in [-0.1, -0.05) is 19.0 Å². The lowest BCUT2D eigenvalue weighted by Gasteiger charge is -2.14. The van der Waals surface area contributed by atoms with E-state index in [2.05, 4.69) is 46.3 Å². The summed E-state index contributed by atoms with van der Waals surface area (Å²) >= 11 is 0. The van der Waals surface area contributed by atoms with Gasteiger partial charge in [-0.05, 0) is 31.0 Å². The molecule has 3 rings (SSSR count). The molecule has 7 heteroatoms. The summed E-state index contributed by atoms with van der Waals surface area (Å²) in [6.45, 7) is 7.12. The van der Waals surface area contributed by atoms with E-state index in [1.54, 1.807) is 12.4 Å². The van der Waals surface area contributed by atoms with Gasteiger partial charge in [-0.3, -0.25) is 4.68 Å². The van der Waals surface area contributed by atoms with Crippen LogP contribution in [0, 0.1) is 5.92 Å². The van der Waals surface area contributed by atoms with Crippen molar-refractivity contribution in [1.29, 1.82) is 0 Å². The zero-order valence-corrected chi connectivity index (χ0v) is 14.2. The van der Waals surface area contributed by atoms with Gasteiger partial charge >= 0.3 is 0 Å². The Balaban J connectivity index is 1.61. The van der Waals surface area contributed by atoms with Crippen LogP contribution in [0.25, 0.3) is 11.5 Å². The highest BCUT2D eigenvalue weighted by Gasteiger charge is 2.11. The Hall–Kier alpha value is -2.70. The van der Waals surface area contributed by atoms with Crippen molar-refractivity contribution in [2.75, 3.05) is 5.32 Å². The first-order valence-corrected chi connectivity index (χ1v) is 8.13. The molecule has 0 radical (unpaired) electrons. The van der Waals surface area contributed by atoms with Crippen molar-refractivity contribution >= 4 is 5.82 Å². The molecular weight excluding hydrogens is 304 g/mol. The number of anilines is 1. The van der Waals surface area contributed by atoms with Crippen LogP contribution in [0.1, 0.15) is 26.6 Å². The fraction of sp³-hybridized carbons (Fsp3) is 0.412. The molecule has 3 aromatic heterocycles. The second-order valence-corrected chi connectivity index (χ2v) is 6.32. The molecule has 7 nitrogen and oxygen atoms in total. The van der Waals surface area contributed by atoms with E-state index >= 15 is 0 Å². The fourth-order valence-corrected chi connectivity index (χ4v) is 2.41.